The number of morpholine rings is 1. The molecule has 20 heavy (non-hydrogen) atoms. The summed E-state index contributed by atoms with van der Waals surface area (Å²) in [4.78, 5) is 14.4. The molecule has 1 unspecified atom stereocenters. The van der Waals surface area contributed by atoms with E-state index in [0.717, 1.165) is 49.3 Å². The standard InChI is InChI=1S/C14H19N3O2S/c18-14(13-9-20-10-15-13)16-11-2-1-3-12(8-11)17-4-6-19-7-5-17/h1-3,8,13,15H,4-7,9-10H2,(H,16,18). The number of thioether (sulfide) groups is 1. The van der Waals surface area contributed by atoms with E-state index in [1.807, 2.05) is 18.2 Å². The second kappa shape index (κ2) is 6.47. The number of rotatable bonds is 3. The summed E-state index contributed by atoms with van der Waals surface area (Å²) in [6.07, 6.45) is 0. The van der Waals surface area contributed by atoms with Gasteiger partial charge in [0.05, 0.1) is 19.3 Å². The quantitative estimate of drug-likeness (QED) is 0.875. The molecule has 1 aromatic carbocycles. The molecule has 2 saturated heterocycles. The molecule has 0 spiro atoms. The smallest absolute Gasteiger partial charge is 0.242 e. The lowest BCUT2D eigenvalue weighted by Crippen LogP contribution is -2.38. The Morgan fingerprint density at radius 1 is 1.40 bits per heavy atom. The lowest BCUT2D eigenvalue weighted by Gasteiger charge is -2.29. The first-order chi connectivity index (χ1) is 9.83. The molecular formula is C14H19N3O2S. The Balaban J connectivity index is 1.65. The molecule has 0 aromatic heterocycles. The maximum atomic E-state index is 12.1. The van der Waals surface area contributed by atoms with Crippen LogP contribution in [0.4, 0.5) is 11.4 Å². The highest BCUT2D eigenvalue weighted by Gasteiger charge is 2.22. The van der Waals surface area contributed by atoms with Gasteiger partial charge in [-0.2, -0.15) is 0 Å². The first-order valence-corrected chi connectivity index (χ1v) is 8.03. The van der Waals surface area contributed by atoms with Crippen LogP contribution in [0.1, 0.15) is 0 Å². The van der Waals surface area contributed by atoms with Gasteiger partial charge in [-0.05, 0) is 18.2 Å². The molecule has 1 atom stereocenters. The number of hydrogen-bond donors (Lipinski definition) is 2. The van der Waals surface area contributed by atoms with Gasteiger partial charge < -0.3 is 15.0 Å². The highest BCUT2D eigenvalue weighted by atomic mass is 32.2. The summed E-state index contributed by atoms with van der Waals surface area (Å²) in [6, 6.07) is 7.95. The summed E-state index contributed by atoms with van der Waals surface area (Å²) >= 11 is 1.75. The summed E-state index contributed by atoms with van der Waals surface area (Å²) in [5.41, 5.74) is 2.00. The van der Waals surface area contributed by atoms with Crippen molar-refractivity contribution in [2.24, 2.45) is 0 Å². The molecule has 2 aliphatic rings. The third-order valence-electron chi connectivity index (χ3n) is 3.52. The maximum Gasteiger partial charge on any atom is 0.242 e. The van der Waals surface area contributed by atoms with Gasteiger partial charge in [-0.25, -0.2) is 0 Å². The van der Waals surface area contributed by atoms with Gasteiger partial charge in [-0.1, -0.05) is 6.07 Å². The Hall–Kier alpha value is -1.24. The van der Waals surface area contributed by atoms with Crippen LogP contribution in [0, 0.1) is 0 Å². The number of ether oxygens (including phenoxy) is 1. The minimum Gasteiger partial charge on any atom is -0.378 e. The van der Waals surface area contributed by atoms with E-state index in [4.69, 9.17) is 4.74 Å². The van der Waals surface area contributed by atoms with Gasteiger partial charge >= 0.3 is 0 Å². The summed E-state index contributed by atoms with van der Waals surface area (Å²) in [7, 11) is 0. The zero-order chi connectivity index (χ0) is 13.8. The molecule has 2 fully saturated rings. The van der Waals surface area contributed by atoms with E-state index in [2.05, 4.69) is 21.6 Å². The maximum absolute atomic E-state index is 12.1. The monoisotopic (exact) mass is 293 g/mol. The number of amides is 1. The predicted octanol–water partition coefficient (Wildman–Crippen LogP) is 1.12. The van der Waals surface area contributed by atoms with Crippen molar-refractivity contribution in [2.75, 3.05) is 48.1 Å². The second-order valence-corrected chi connectivity index (χ2v) is 5.94. The average Bonchev–Trinajstić information content (AvgIpc) is 3.03. The fourth-order valence-electron chi connectivity index (χ4n) is 2.39. The number of nitrogens with zero attached hydrogens (tertiary/aromatic N) is 1. The van der Waals surface area contributed by atoms with E-state index in [1.165, 1.54) is 0 Å². The number of benzene rings is 1. The van der Waals surface area contributed by atoms with Crippen molar-refractivity contribution in [2.45, 2.75) is 6.04 Å². The molecule has 6 heteroatoms. The zero-order valence-corrected chi connectivity index (χ0v) is 12.1. The molecule has 0 radical (unpaired) electrons. The van der Waals surface area contributed by atoms with E-state index < -0.39 is 0 Å². The van der Waals surface area contributed by atoms with Crippen LogP contribution in [-0.4, -0.2) is 49.9 Å². The summed E-state index contributed by atoms with van der Waals surface area (Å²) in [5, 5.41) is 6.17. The van der Waals surface area contributed by atoms with Gasteiger partial charge in [-0.3, -0.25) is 10.1 Å². The van der Waals surface area contributed by atoms with Crippen molar-refractivity contribution in [3.8, 4) is 0 Å². The highest BCUT2D eigenvalue weighted by molar-refractivity contribution is 7.99. The number of nitrogens with one attached hydrogen (secondary N) is 2. The Morgan fingerprint density at radius 2 is 2.25 bits per heavy atom. The minimum atomic E-state index is -0.0768. The van der Waals surface area contributed by atoms with Gasteiger partial charge in [0, 0.05) is 36.1 Å². The van der Waals surface area contributed by atoms with Crippen molar-refractivity contribution in [3.63, 3.8) is 0 Å². The van der Waals surface area contributed by atoms with E-state index in [0.29, 0.717) is 0 Å². The molecule has 0 saturated carbocycles. The Morgan fingerprint density at radius 3 is 3.00 bits per heavy atom. The van der Waals surface area contributed by atoms with Crippen LogP contribution < -0.4 is 15.5 Å². The minimum absolute atomic E-state index is 0.0501. The number of carbonyl (C=O) groups is 1. The molecule has 5 nitrogen and oxygen atoms in total. The van der Waals surface area contributed by atoms with Crippen molar-refractivity contribution in [1.82, 2.24) is 5.32 Å². The van der Waals surface area contributed by atoms with E-state index in [1.54, 1.807) is 11.8 Å². The van der Waals surface area contributed by atoms with E-state index in [-0.39, 0.29) is 11.9 Å². The first kappa shape index (κ1) is 13.7. The van der Waals surface area contributed by atoms with E-state index in [9.17, 15) is 4.79 Å². The Labute approximate surface area is 123 Å². The van der Waals surface area contributed by atoms with Crippen molar-refractivity contribution < 1.29 is 9.53 Å². The third-order valence-corrected chi connectivity index (χ3v) is 4.46. The van der Waals surface area contributed by atoms with Gasteiger partial charge in [-0.15, -0.1) is 11.8 Å². The summed E-state index contributed by atoms with van der Waals surface area (Å²) < 4.78 is 5.36. The van der Waals surface area contributed by atoms with Gasteiger partial charge in [0.15, 0.2) is 0 Å². The fourth-order valence-corrected chi connectivity index (χ4v) is 3.34. The number of hydrogen-bond acceptors (Lipinski definition) is 5. The SMILES string of the molecule is O=C(Nc1cccc(N2CCOCC2)c1)C1CSCN1. The molecule has 1 amide bonds. The topological polar surface area (TPSA) is 53.6 Å². The number of carbonyl (C=O) groups excluding carboxylic acids is 1. The van der Waals surface area contributed by atoms with Crippen LogP contribution in [0.15, 0.2) is 24.3 Å². The van der Waals surface area contributed by atoms with Crippen LogP contribution in [0.2, 0.25) is 0 Å². The average molecular weight is 293 g/mol. The molecule has 108 valence electrons. The van der Waals surface area contributed by atoms with Gasteiger partial charge in [0.25, 0.3) is 0 Å². The lowest BCUT2D eigenvalue weighted by atomic mass is 10.2. The molecular weight excluding hydrogens is 274 g/mol. The normalized spacial score (nSPS) is 22.8. The van der Waals surface area contributed by atoms with Crippen LogP contribution in [0.3, 0.4) is 0 Å². The highest BCUT2D eigenvalue weighted by Crippen LogP contribution is 2.21. The second-order valence-electron chi connectivity index (χ2n) is 4.91. The Kier molecular flexibility index (Phi) is 4.44. The van der Waals surface area contributed by atoms with Gasteiger partial charge in [0.2, 0.25) is 5.91 Å². The first-order valence-electron chi connectivity index (χ1n) is 6.88. The van der Waals surface area contributed by atoms with Crippen molar-refractivity contribution in [3.05, 3.63) is 24.3 Å². The molecule has 0 aliphatic carbocycles. The molecule has 2 aliphatic heterocycles. The van der Waals surface area contributed by atoms with Gasteiger partial charge in [0.1, 0.15) is 0 Å². The molecule has 2 N–H and O–H groups in total. The number of anilines is 2. The Bertz CT molecular complexity index is 471. The predicted molar refractivity (Wildman–Crippen MR) is 82.4 cm³/mol. The van der Waals surface area contributed by atoms with Crippen LogP contribution >= 0.6 is 11.8 Å². The summed E-state index contributed by atoms with van der Waals surface area (Å²) in [6.45, 7) is 3.33. The largest absolute Gasteiger partial charge is 0.378 e. The van der Waals surface area contributed by atoms with Crippen LogP contribution in [-0.2, 0) is 9.53 Å². The van der Waals surface area contributed by atoms with Crippen LogP contribution in [0.5, 0.6) is 0 Å². The molecule has 1 aromatic rings. The zero-order valence-electron chi connectivity index (χ0n) is 11.3. The summed E-state index contributed by atoms with van der Waals surface area (Å²) in [5.74, 6) is 1.75. The van der Waals surface area contributed by atoms with E-state index >= 15 is 0 Å². The lowest BCUT2D eigenvalue weighted by molar-refractivity contribution is -0.117. The van der Waals surface area contributed by atoms with Crippen molar-refractivity contribution in [1.29, 1.82) is 0 Å². The molecule has 0 bridgehead atoms. The molecule has 3 rings (SSSR count). The van der Waals surface area contributed by atoms with Crippen LogP contribution in [0.25, 0.3) is 0 Å². The molecule has 2 heterocycles. The fraction of sp³-hybridized carbons (Fsp3) is 0.500. The third kappa shape index (κ3) is 3.26. The van der Waals surface area contributed by atoms with Crippen molar-refractivity contribution >= 4 is 29.0 Å².